The minimum Gasteiger partial charge on any atom is -0.380 e. The molecule has 1 aliphatic carbocycles. The Hall–Kier alpha value is -0.990. The topological polar surface area (TPSA) is 29.9 Å². The van der Waals surface area contributed by atoms with Crippen LogP contribution in [0.4, 0.5) is 5.69 Å². The highest BCUT2D eigenvalue weighted by atomic mass is 15.3. The molecule has 1 aliphatic rings. The molecule has 0 amide bonds. The molecule has 0 bridgehead atoms. The predicted molar refractivity (Wildman–Crippen MR) is 53.8 cm³/mol. The molecule has 1 N–H and O–H groups in total. The summed E-state index contributed by atoms with van der Waals surface area (Å²) in [6.07, 6.45) is 4.51. The lowest BCUT2D eigenvalue weighted by atomic mass is 9.82. The van der Waals surface area contributed by atoms with Crippen LogP contribution in [0.5, 0.6) is 0 Å². The summed E-state index contributed by atoms with van der Waals surface area (Å²) in [4.78, 5) is 0. The average Bonchev–Trinajstić information content (AvgIpc) is 2.33. The van der Waals surface area contributed by atoms with E-state index in [1.54, 1.807) is 0 Å². The first-order chi connectivity index (χ1) is 6.16. The van der Waals surface area contributed by atoms with Crippen molar-refractivity contribution >= 4 is 5.69 Å². The van der Waals surface area contributed by atoms with Gasteiger partial charge in [0.2, 0.25) is 0 Å². The van der Waals surface area contributed by atoms with Gasteiger partial charge in [-0.15, -0.1) is 0 Å². The van der Waals surface area contributed by atoms with Crippen LogP contribution in [0.15, 0.2) is 6.20 Å². The molecule has 3 nitrogen and oxygen atoms in total. The van der Waals surface area contributed by atoms with Gasteiger partial charge in [-0.25, -0.2) is 0 Å². The number of nitrogens with zero attached hydrogens (tertiary/aromatic N) is 2. The molecule has 0 spiro atoms. The number of rotatable bonds is 2. The molecule has 0 atom stereocenters. The number of hydrogen-bond acceptors (Lipinski definition) is 2. The van der Waals surface area contributed by atoms with Gasteiger partial charge in [0.15, 0.2) is 0 Å². The Morgan fingerprint density at radius 2 is 2.23 bits per heavy atom. The van der Waals surface area contributed by atoms with E-state index >= 15 is 0 Å². The Bertz CT molecular complexity index is 297. The zero-order valence-corrected chi connectivity index (χ0v) is 8.54. The van der Waals surface area contributed by atoms with Crippen molar-refractivity contribution in [1.82, 2.24) is 9.78 Å². The van der Waals surface area contributed by atoms with E-state index in [0.29, 0.717) is 6.04 Å². The molecule has 3 heteroatoms. The highest BCUT2D eigenvalue weighted by Crippen LogP contribution is 2.29. The van der Waals surface area contributed by atoms with E-state index in [1.165, 1.54) is 24.2 Å². The second-order valence-corrected chi connectivity index (χ2v) is 4.19. The number of aromatic nitrogens is 2. The second kappa shape index (κ2) is 3.05. The molecule has 0 saturated heterocycles. The van der Waals surface area contributed by atoms with Gasteiger partial charge < -0.3 is 5.32 Å². The van der Waals surface area contributed by atoms with E-state index in [0.717, 1.165) is 5.92 Å². The lowest BCUT2D eigenvalue weighted by Gasteiger charge is -2.33. The molecule has 0 unspecified atom stereocenters. The SMILES string of the molecule is Cc1c(NC2CC(C)C2)cnn1C. The van der Waals surface area contributed by atoms with Crippen molar-refractivity contribution in [1.29, 1.82) is 0 Å². The van der Waals surface area contributed by atoms with Gasteiger partial charge in [0.05, 0.1) is 17.6 Å². The van der Waals surface area contributed by atoms with Gasteiger partial charge in [0.25, 0.3) is 0 Å². The van der Waals surface area contributed by atoms with Crippen LogP contribution in [-0.2, 0) is 7.05 Å². The van der Waals surface area contributed by atoms with Crippen molar-refractivity contribution in [2.24, 2.45) is 13.0 Å². The summed E-state index contributed by atoms with van der Waals surface area (Å²) >= 11 is 0. The predicted octanol–water partition coefficient (Wildman–Crippen LogP) is 1.94. The summed E-state index contributed by atoms with van der Waals surface area (Å²) < 4.78 is 1.91. The number of hydrogen-bond donors (Lipinski definition) is 1. The van der Waals surface area contributed by atoms with E-state index in [4.69, 9.17) is 0 Å². The van der Waals surface area contributed by atoms with Crippen LogP contribution in [0, 0.1) is 12.8 Å². The Morgan fingerprint density at radius 1 is 1.54 bits per heavy atom. The fourth-order valence-electron chi connectivity index (χ4n) is 1.88. The van der Waals surface area contributed by atoms with Gasteiger partial charge in [0, 0.05) is 13.1 Å². The monoisotopic (exact) mass is 179 g/mol. The zero-order valence-electron chi connectivity index (χ0n) is 8.54. The van der Waals surface area contributed by atoms with Crippen molar-refractivity contribution in [2.45, 2.75) is 32.7 Å². The van der Waals surface area contributed by atoms with Gasteiger partial charge in [-0.1, -0.05) is 6.92 Å². The smallest absolute Gasteiger partial charge is 0.0758 e. The fraction of sp³-hybridized carbons (Fsp3) is 0.700. The summed E-state index contributed by atoms with van der Waals surface area (Å²) in [5.41, 5.74) is 2.42. The first-order valence-electron chi connectivity index (χ1n) is 4.92. The molecule has 13 heavy (non-hydrogen) atoms. The van der Waals surface area contributed by atoms with Gasteiger partial charge in [-0.2, -0.15) is 5.10 Å². The van der Waals surface area contributed by atoms with Gasteiger partial charge in [-0.05, 0) is 25.7 Å². The van der Waals surface area contributed by atoms with Crippen molar-refractivity contribution in [3.8, 4) is 0 Å². The van der Waals surface area contributed by atoms with Gasteiger partial charge in [-0.3, -0.25) is 4.68 Å². The third kappa shape index (κ3) is 1.55. The molecule has 2 rings (SSSR count). The highest BCUT2D eigenvalue weighted by Gasteiger charge is 2.25. The van der Waals surface area contributed by atoms with Crippen molar-refractivity contribution < 1.29 is 0 Å². The molecular weight excluding hydrogens is 162 g/mol. The third-order valence-electron chi connectivity index (χ3n) is 2.97. The van der Waals surface area contributed by atoms with Crippen LogP contribution >= 0.6 is 0 Å². The van der Waals surface area contributed by atoms with E-state index in [1.807, 2.05) is 17.9 Å². The summed E-state index contributed by atoms with van der Waals surface area (Å²) in [6, 6.07) is 0.679. The molecule has 0 aromatic carbocycles. The fourth-order valence-corrected chi connectivity index (χ4v) is 1.88. The Balaban J connectivity index is 1.98. The minimum atomic E-state index is 0.679. The maximum Gasteiger partial charge on any atom is 0.0758 e. The Morgan fingerprint density at radius 3 is 2.69 bits per heavy atom. The molecule has 0 radical (unpaired) electrons. The number of anilines is 1. The average molecular weight is 179 g/mol. The van der Waals surface area contributed by atoms with Crippen LogP contribution in [-0.4, -0.2) is 15.8 Å². The largest absolute Gasteiger partial charge is 0.380 e. The molecule has 1 aromatic rings. The summed E-state index contributed by atoms with van der Waals surface area (Å²) in [7, 11) is 1.98. The second-order valence-electron chi connectivity index (χ2n) is 4.19. The number of nitrogens with one attached hydrogen (secondary N) is 1. The third-order valence-corrected chi connectivity index (χ3v) is 2.97. The summed E-state index contributed by atoms with van der Waals surface area (Å²) in [5, 5.41) is 7.72. The molecule has 72 valence electrons. The lowest BCUT2D eigenvalue weighted by molar-refractivity contribution is 0.309. The normalized spacial score (nSPS) is 27.0. The van der Waals surface area contributed by atoms with Crippen LogP contribution < -0.4 is 5.32 Å². The van der Waals surface area contributed by atoms with Gasteiger partial charge in [0.1, 0.15) is 0 Å². The quantitative estimate of drug-likeness (QED) is 0.752. The molecule has 1 fully saturated rings. The van der Waals surface area contributed by atoms with Crippen molar-refractivity contribution in [2.75, 3.05) is 5.32 Å². The van der Waals surface area contributed by atoms with Crippen LogP contribution in [0.1, 0.15) is 25.5 Å². The van der Waals surface area contributed by atoms with Crippen molar-refractivity contribution in [3.63, 3.8) is 0 Å². The molecular formula is C10H17N3. The molecule has 1 saturated carbocycles. The highest BCUT2D eigenvalue weighted by molar-refractivity contribution is 5.46. The standard InChI is InChI=1S/C10H17N3/c1-7-4-9(5-7)12-10-6-11-13(3)8(10)2/h6-7,9,12H,4-5H2,1-3H3. The first kappa shape index (κ1) is 8.60. The van der Waals surface area contributed by atoms with E-state index in [9.17, 15) is 0 Å². The van der Waals surface area contributed by atoms with Gasteiger partial charge >= 0.3 is 0 Å². The summed E-state index contributed by atoms with van der Waals surface area (Å²) in [5.74, 6) is 0.898. The first-order valence-corrected chi connectivity index (χ1v) is 4.92. The van der Waals surface area contributed by atoms with Crippen molar-refractivity contribution in [3.05, 3.63) is 11.9 Å². The van der Waals surface area contributed by atoms with Crippen LogP contribution in [0.2, 0.25) is 0 Å². The van der Waals surface area contributed by atoms with Crippen LogP contribution in [0.3, 0.4) is 0 Å². The lowest BCUT2D eigenvalue weighted by Crippen LogP contribution is -2.33. The number of aryl methyl sites for hydroxylation is 1. The zero-order chi connectivity index (χ0) is 9.42. The molecule has 1 heterocycles. The Kier molecular flexibility index (Phi) is 2.02. The van der Waals surface area contributed by atoms with E-state index in [-0.39, 0.29) is 0 Å². The van der Waals surface area contributed by atoms with E-state index in [2.05, 4.69) is 24.3 Å². The molecule has 1 aromatic heterocycles. The minimum absolute atomic E-state index is 0.679. The maximum atomic E-state index is 4.20. The van der Waals surface area contributed by atoms with E-state index < -0.39 is 0 Å². The van der Waals surface area contributed by atoms with Crippen LogP contribution in [0.25, 0.3) is 0 Å². The maximum absolute atomic E-state index is 4.20. The Labute approximate surface area is 79.1 Å². The molecule has 0 aliphatic heterocycles. The summed E-state index contributed by atoms with van der Waals surface area (Å²) in [6.45, 7) is 4.39.